The zero-order chi connectivity index (χ0) is 13.8. The summed E-state index contributed by atoms with van der Waals surface area (Å²) in [5, 5.41) is 4.71. The minimum absolute atomic E-state index is 0.194. The summed E-state index contributed by atoms with van der Waals surface area (Å²) in [6.07, 6.45) is 1.39. The standard InChI is InChI=1S/C13H10Cl2N2O2/c1-8-5-6-12(19-8)13(18)17-16-7-9-10(14)3-2-4-11(9)15/h2-7H,1H3,(H,17,18)/b16-7+. The van der Waals surface area contributed by atoms with Gasteiger partial charge in [0, 0.05) is 5.56 Å². The molecule has 19 heavy (non-hydrogen) atoms. The van der Waals surface area contributed by atoms with Crippen molar-refractivity contribution in [2.75, 3.05) is 0 Å². The first-order valence-corrected chi connectivity index (χ1v) is 6.17. The molecule has 1 aromatic carbocycles. The highest BCUT2D eigenvalue weighted by Crippen LogP contribution is 2.21. The maximum absolute atomic E-state index is 11.6. The van der Waals surface area contributed by atoms with Crippen molar-refractivity contribution in [1.82, 2.24) is 5.43 Å². The lowest BCUT2D eigenvalue weighted by atomic mass is 10.2. The molecule has 0 saturated heterocycles. The number of amides is 1. The van der Waals surface area contributed by atoms with E-state index < -0.39 is 5.91 Å². The molecule has 0 unspecified atom stereocenters. The van der Waals surface area contributed by atoms with Crippen LogP contribution in [0.2, 0.25) is 10.0 Å². The van der Waals surface area contributed by atoms with E-state index in [-0.39, 0.29) is 5.76 Å². The Hall–Kier alpha value is -1.78. The van der Waals surface area contributed by atoms with Crippen molar-refractivity contribution in [1.29, 1.82) is 0 Å². The molecule has 0 fully saturated rings. The molecule has 0 bridgehead atoms. The zero-order valence-corrected chi connectivity index (χ0v) is 11.5. The van der Waals surface area contributed by atoms with Crippen LogP contribution in [0.25, 0.3) is 0 Å². The van der Waals surface area contributed by atoms with Gasteiger partial charge in [-0.05, 0) is 31.2 Å². The molecule has 2 aromatic rings. The predicted molar refractivity (Wildman–Crippen MR) is 75.0 cm³/mol. The van der Waals surface area contributed by atoms with Crippen LogP contribution in [-0.2, 0) is 0 Å². The average Bonchev–Trinajstić information content (AvgIpc) is 2.79. The first kappa shape index (κ1) is 13.6. The Morgan fingerprint density at radius 3 is 2.53 bits per heavy atom. The highest BCUT2D eigenvalue weighted by atomic mass is 35.5. The van der Waals surface area contributed by atoms with Gasteiger partial charge in [0.15, 0.2) is 5.76 Å². The lowest BCUT2D eigenvalue weighted by Gasteiger charge is -2.00. The van der Waals surface area contributed by atoms with Crippen molar-refractivity contribution in [2.24, 2.45) is 5.10 Å². The van der Waals surface area contributed by atoms with Gasteiger partial charge in [0.2, 0.25) is 0 Å². The van der Waals surface area contributed by atoms with E-state index in [4.69, 9.17) is 27.6 Å². The summed E-state index contributed by atoms with van der Waals surface area (Å²) in [4.78, 5) is 11.6. The smallest absolute Gasteiger partial charge is 0.307 e. The Kier molecular flexibility index (Phi) is 4.24. The molecule has 0 aliphatic carbocycles. The van der Waals surface area contributed by atoms with Crippen LogP contribution in [0.5, 0.6) is 0 Å². The Bertz CT molecular complexity index is 615. The minimum Gasteiger partial charge on any atom is -0.456 e. The van der Waals surface area contributed by atoms with E-state index in [0.29, 0.717) is 21.4 Å². The minimum atomic E-state index is -0.437. The van der Waals surface area contributed by atoms with Crippen molar-refractivity contribution in [3.63, 3.8) is 0 Å². The van der Waals surface area contributed by atoms with Crippen molar-refractivity contribution >= 4 is 35.3 Å². The number of nitrogens with zero attached hydrogens (tertiary/aromatic N) is 1. The van der Waals surface area contributed by atoms with Crippen LogP contribution in [0, 0.1) is 6.92 Å². The van der Waals surface area contributed by atoms with Gasteiger partial charge in [-0.2, -0.15) is 5.10 Å². The summed E-state index contributed by atoms with van der Waals surface area (Å²) >= 11 is 11.9. The summed E-state index contributed by atoms with van der Waals surface area (Å²) in [7, 11) is 0. The first-order chi connectivity index (χ1) is 9.08. The van der Waals surface area contributed by atoms with E-state index in [1.807, 2.05) is 0 Å². The highest BCUT2D eigenvalue weighted by Gasteiger charge is 2.08. The van der Waals surface area contributed by atoms with Gasteiger partial charge in [-0.15, -0.1) is 0 Å². The summed E-state index contributed by atoms with van der Waals surface area (Å²) in [5.41, 5.74) is 2.88. The fraction of sp³-hybridized carbons (Fsp3) is 0.0769. The second kappa shape index (κ2) is 5.91. The second-order valence-corrected chi connectivity index (χ2v) is 4.56. The third-order valence-corrected chi connectivity index (χ3v) is 2.98. The first-order valence-electron chi connectivity index (χ1n) is 5.42. The van der Waals surface area contributed by atoms with E-state index in [0.717, 1.165) is 0 Å². The monoisotopic (exact) mass is 296 g/mol. The lowest BCUT2D eigenvalue weighted by Crippen LogP contribution is -2.16. The van der Waals surface area contributed by atoms with E-state index in [1.54, 1.807) is 37.3 Å². The molecule has 1 aromatic heterocycles. The van der Waals surface area contributed by atoms with Gasteiger partial charge < -0.3 is 4.42 Å². The van der Waals surface area contributed by atoms with Crippen molar-refractivity contribution in [3.8, 4) is 0 Å². The quantitative estimate of drug-likeness (QED) is 0.694. The molecular formula is C13H10Cl2N2O2. The zero-order valence-electron chi connectivity index (χ0n) is 9.98. The molecule has 0 saturated carbocycles. The predicted octanol–water partition coefficient (Wildman–Crippen LogP) is 3.66. The SMILES string of the molecule is Cc1ccc(C(=O)N/N=C/c2c(Cl)cccc2Cl)o1. The van der Waals surface area contributed by atoms with Crippen molar-refractivity contribution < 1.29 is 9.21 Å². The van der Waals surface area contributed by atoms with E-state index >= 15 is 0 Å². The number of nitrogens with one attached hydrogen (secondary N) is 1. The molecule has 6 heteroatoms. The third kappa shape index (κ3) is 3.36. The normalized spacial score (nSPS) is 10.9. The highest BCUT2D eigenvalue weighted by molar-refractivity contribution is 6.38. The molecule has 4 nitrogen and oxygen atoms in total. The third-order valence-electron chi connectivity index (χ3n) is 2.32. The number of rotatable bonds is 3. The molecular weight excluding hydrogens is 287 g/mol. The van der Waals surface area contributed by atoms with Gasteiger partial charge in [0.05, 0.1) is 16.3 Å². The van der Waals surface area contributed by atoms with Gasteiger partial charge in [0.25, 0.3) is 0 Å². The molecule has 1 heterocycles. The van der Waals surface area contributed by atoms with Crippen LogP contribution in [-0.4, -0.2) is 12.1 Å². The molecule has 98 valence electrons. The summed E-state index contributed by atoms with van der Waals surface area (Å²) in [5.74, 6) is 0.413. The Morgan fingerprint density at radius 2 is 1.95 bits per heavy atom. The molecule has 1 amide bonds. The number of furan rings is 1. The van der Waals surface area contributed by atoms with Crippen LogP contribution in [0.4, 0.5) is 0 Å². The fourth-order valence-electron chi connectivity index (χ4n) is 1.40. The Morgan fingerprint density at radius 1 is 1.26 bits per heavy atom. The number of halogens is 2. The van der Waals surface area contributed by atoms with Crippen molar-refractivity contribution in [2.45, 2.75) is 6.92 Å². The van der Waals surface area contributed by atoms with Gasteiger partial charge in [-0.1, -0.05) is 29.3 Å². The summed E-state index contributed by atoms with van der Waals surface area (Å²) in [6, 6.07) is 8.37. The van der Waals surface area contributed by atoms with Crippen LogP contribution < -0.4 is 5.43 Å². The number of benzene rings is 1. The molecule has 0 atom stereocenters. The lowest BCUT2D eigenvalue weighted by molar-refractivity contribution is 0.0926. The Balaban J connectivity index is 2.06. The summed E-state index contributed by atoms with van der Waals surface area (Å²) in [6.45, 7) is 1.75. The molecule has 0 aliphatic rings. The maximum atomic E-state index is 11.6. The van der Waals surface area contributed by atoms with E-state index in [9.17, 15) is 4.79 Å². The number of carbonyl (C=O) groups is 1. The molecule has 0 spiro atoms. The van der Waals surface area contributed by atoms with Gasteiger partial charge >= 0.3 is 5.91 Å². The average molecular weight is 297 g/mol. The summed E-state index contributed by atoms with van der Waals surface area (Å²) < 4.78 is 5.16. The largest absolute Gasteiger partial charge is 0.456 e. The second-order valence-electron chi connectivity index (χ2n) is 3.74. The topological polar surface area (TPSA) is 54.6 Å². The number of hydrogen-bond acceptors (Lipinski definition) is 3. The molecule has 0 aliphatic heterocycles. The number of aryl methyl sites for hydroxylation is 1. The number of hydrogen-bond donors (Lipinski definition) is 1. The number of carbonyl (C=O) groups excluding carboxylic acids is 1. The van der Waals surface area contributed by atoms with E-state index in [1.165, 1.54) is 6.21 Å². The van der Waals surface area contributed by atoms with Crippen LogP contribution in [0.15, 0.2) is 39.9 Å². The van der Waals surface area contributed by atoms with Crippen LogP contribution >= 0.6 is 23.2 Å². The fourth-order valence-corrected chi connectivity index (χ4v) is 1.90. The molecule has 0 radical (unpaired) electrons. The van der Waals surface area contributed by atoms with Crippen LogP contribution in [0.1, 0.15) is 21.9 Å². The number of hydrazone groups is 1. The molecule has 1 N–H and O–H groups in total. The van der Waals surface area contributed by atoms with Crippen LogP contribution in [0.3, 0.4) is 0 Å². The Labute approximate surface area is 120 Å². The van der Waals surface area contributed by atoms with Gasteiger partial charge in [-0.3, -0.25) is 4.79 Å². The van der Waals surface area contributed by atoms with Crippen molar-refractivity contribution in [3.05, 3.63) is 57.5 Å². The van der Waals surface area contributed by atoms with Gasteiger partial charge in [0.1, 0.15) is 5.76 Å². The van der Waals surface area contributed by atoms with E-state index in [2.05, 4.69) is 10.5 Å². The maximum Gasteiger partial charge on any atom is 0.307 e. The molecule has 2 rings (SSSR count). The van der Waals surface area contributed by atoms with Gasteiger partial charge in [-0.25, -0.2) is 5.43 Å².